The zero-order valence-electron chi connectivity index (χ0n) is 26.7. The summed E-state index contributed by atoms with van der Waals surface area (Å²) in [6.07, 6.45) is 3.51. The minimum Gasteiger partial charge on any atom is -0.848 e. The van der Waals surface area contributed by atoms with Crippen molar-refractivity contribution in [1.29, 1.82) is 0 Å². The number of fused-ring (bicyclic) bond motifs is 2. The topological polar surface area (TPSA) is 192 Å². The fourth-order valence-corrected chi connectivity index (χ4v) is 7.93. The van der Waals surface area contributed by atoms with Crippen molar-refractivity contribution >= 4 is 49.1 Å². The Morgan fingerprint density at radius 2 is 1.53 bits per heavy atom. The lowest BCUT2D eigenvalue weighted by Gasteiger charge is -2.43. The number of likely N-dealkylation sites (N-methyl/N-ethyl adjacent to an activating group) is 1. The van der Waals surface area contributed by atoms with Gasteiger partial charge < -0.3 is 15.1 Å². The molecule has 14 heteroatoms. The van der Waals surface area contributed by atoms with Crippen LogP contribution in [0, 0.1) is 5.92 Å². The molecular formula is C33H38N2O10S2. The number of nitrogens with zero attached hydrogens (tertiary/aromatic N) is 2. The van der Waals surface area contributed by atoms with E-state index in [-0.39, 0.29) is 27.6 Å². The number of ketones is 1. The van der Waals surface area contributed by atoms with Gasteiger partial charge in [-0.1, -0.05) is 26.0 Å². The number of carboxylic acids is 1. The van der Waals surface area contributed by atoms with Crippen molar-refractivity contribution in [3.8, 4) is 0 Å². The molecule has 0 amide bonds. The molecule has 0 saturated heterocycles. The van der Waals surface area contributed by atoms with E-state index in [0.717, 1.165) is 0 Å². The van der Waals surface area contributed by atoms with Crippen LogP contribution in [0.25, 0.3) is 0 Å². The monoisotopic (exact) mass is 686 g/mol. The van der Waals surface area contributed by atoms with Gasteiger partial charge in [-0.2, -0.15) is 21.4 Å². The molecule has 0 radical (unpaired) electrons. The van der Waals surface area contributed by atoms with Crippen molar-refractivity contribution in [2.75, 3.05) is 18.5 Å². The number of hydrogen-bond donors (Lipinski definition) is 3. The van der Waals surface area contributed by atoms with Crippen LogP contribution in [0.15, 0.2) is 69.6 Å². The molecule has 3 N–H and O–H groups in total. The Bertz CT molecular complexity index is 2010. The first-order valence-corrected chi connectivity index (χ1v) is 18.0. The third-order valence-electron chi connectivity index (χ3n) is 9.59. The molecule has 2 unspecified atom stereocenters. The number of carbonyl (C=O) groups is 2. The zero-order chi connectivity index (χ0) is 34.9. The molecule has 1 fully saturated rings. The highest BCUT2D eigenvalue weighted by Gasteiger charge is 2.48. The highest BCUT2D eigenvalue weighted by molar-refractivity contribution is 7.86. The molecule has 0 spiro atoms. The zero-order valence-corrected chi connectivity index (χ0v) is 28.4. The largest absolute Gasteiger partial charge is 0.848 e. The minimum atomic E-state index is -4.49. The average Bonchev–Trinajstić information content (AvgIpc) is 3.30. The number of Topliss-reactive ketones (excluding diaryl/α,β-unsaturated/α-hetero) is 1. The van der Waals surface area contributed by atoms with Crippen molar-refractivity contribution in [3.63, 3.8) is 0 Å². The van der Waals surface area contributed by atoms with E-state index in [4.69, 9.17) is 5.11 Å². The Morgan fingerprint density at radius 3 is 2.11 bits per heavy atom. The van der Waals surface area contributed by atoms with Crippen LogP contribution < -0.4 is 10.0 Å². The lowest BCUT2D eigenvalue weighted by Crippen LogP contribution is -2.53. The van der Waals surface area contributed by atoms with Crippen LogP contribution in [0.5, 0.6) is 0 Å². The molecule has 252 valence electrons. The van der Waals surface area contributed by atoms with Crippen LogP contribution in [0.2, 0.25) is 0 Å². The number of aliphatic carboxylic acids is 1. The van der Waals surface area contributed by atoms with E-state index in [1.165, 1.54) is 24.3 Å². The van der Waals surface area contributed by atoms with Gasteiger partial charge in [0.2, 0.25) is 5.69 Å². The van der Waals surface area contributed by atoms with E-state index in [0.29, 0.717) is 59.7 Å². The molecule has 12 nitrogen and oxygen atoms in total. The number of carbonyl (C=O) groups excluding carboxylic acids is 1. The molecule has 5 rings (SSSR count). The van der Waals surface area contributed by atoms with Gasteiger partial charge in [0.05, 0.1) is 15.2 Å². The summed E-state index contributed by atoms with van der Waals surface area (Å²) < 4.78 is 68.7. The molecule has 0 bridgehead atoms. The maximum absolute atomic E-state index is 13.7. The molecule has 2 aromatic rings. The van der Waals surface area contributed by atoms with E-state index < -0.39 is 49.1 Å². The van der Waals surface area contributed by atoms with Gasteiger partial charge in [-0.25, -0.2) is 0 Å². The molecule has 1 saturated carbocycles. The second kappa shape index (κ2) is 11.8. The molecule has 2 aliphatic heterocycles. The van der Waals surface area contributed by atoms with Crippen molar-refractivity contribution < 1.29 is 50.3 Å². The Hall–Kier alpha value is -3.69. The summed E-state index contributed by atoms with van der Waals surface area (Å²) in [5.74, 6) is -2.24. The van der Waals surface area contributed by atoms with Crippen molar-refractivity contribution in [3.05, 3.63) is 70.9 Å². The van der Waals surface area contributed by atoms with Crippen LogP contribution in [-0.2, 0) is 40.7 Å². The molecule has 0 aromatic heterocycles. The van der Waals surface area contributed by atoms with Gasteiger partial charge in [-0.05, 0) is 68.2 Å². The van der Waals surface area contributed by atoms with Crippen LogP contribution in [0.4, 0.5) is 11.4 Å². The van der Waals surface area contributed by atoms with E-state index in [1.807, 2.05) is 32.3 Å². The second-order valence-corrected chi connectivity index (χ2v) is 16.2. The number of rotatable bonds is 10. The van der Waals surface area contributed by atoms with Crippen LogP contribution in [0.3, 0.4) is 0 Å². The Labute approximate surface area is 274 Å². The van der Waals surface area contributed by atoms with Gasteiger partial charge in [-0.15, -0.1) is 0 Å². The molecule has 47 heavy (non-hydrogen) atoms. The number of allylic oxidation sites excluding steroid dienone is 2. The fourth-order valence-electron chi connectivity index (χ4n) is 6.92. The number of carboxylic acid groups (broad SMARTS) is 1. The summed E-state index contributed by atoms with van der Waals surface area (Å²) in [5, 5.41) is 22.7. The number of benzene rings is 2. The van der Waals surface area contributed by atoms with E-state index in [1.54, 1.807) is 36.2 Å². The predicted molar refractivity (Wildman–Crippen MR) is 171 cm³/mol. The average molecular weight is 687 g/mol. The van der Waals surface area contributed by atoms with Crippen LogP contribution in [0.1, 0.15) is 64.5 Å². The Morgan fingerprint density at radius 1 is 0.936 bits per heavy atom. The SMILES string of the molecule is CN1C(=CC2C(=O)C(=CC3=[N+](CCCCCC(=O)O)c4ccc(S(=O)(=O)O)cc4C3(C)C)C2[O-])C(C)(C)c2cc(S(=O)(=O)O)ccc21. The van der Waals surface area contributed by atoms with Gasteiger partial charge >= 0.3 is 5.97 Å². The molecule has 2 aromatic carbocycles. The minimum absolute atomic E-state index is 0.0302. The Balaban J connectivity index is 1.49. The first-order chi connectivity index (χ1) is 21.7. The third-order valence-corrected chi connectivity index (χ3v) is 11.3. The number of unbranched alkanes of at least 4 members (excludes halogenated alkanes) is 2. The molecule has 3 aliphatic rings. The van der Waals surface area contributed by atoms with E-state index in [2.05, 4.69) is 0 Å². The fraction of sp³-hybridized carbons (Fsp3) is 0.424. The standard InChI is InChI=1S/C33H38N2O10S2/c1-32(2)23-15-19(46(40,41)42)10-12-25(23)34(5)27(32)17-21-30(38)22(31(21)39)18-28-33(3,4)24-16-20(47(43,44)45)11-13-26(24)35(28)14-8-6-7-9-29(36)37/h10-13,15-18,21,30H,6-9,14H2,1-5H3,(H,36,37)(H,40,41,42)(H,43,44,45). The van der Waals surface area contributed by atoms with Crippen molar-refractivity contribution in [2.45, 2.75) is 80.1 Å². The maximum atomic E-state index is 13.7. The normalized spacial score (nSPS) is 23.3. The second-order valence-electron chi connectivity index (χ2n) is 13.3. The molecule has 2 heterocycles. The predicted octanol–water partition coefficient (Wildman–Crippen LogP) is 3.37. The summed E-state index contributed by atoms with van der Waals surface area (Å²) in [5.41, 5.74) is 2.24. The quantitative estimate of drug-likeness (QED) is 0.144. The highest BCUT2D eigenvalue weighted by Crippen LogP contribution is 2.49. The smallest absolute Gasteiger partial charge is 0.303 e. The van der Waals surface area contributed by atoms with Gasteiger partial charge in [0.25, 0.3) is 20.2 Å². The maximum Gasteiger partial charge on any atom is 0.303 e. The first kappa shape index (κ1) is 34.6. The van der Waals surface area contributed by atoms with E-state index >= 15 is 0 Å². The third kappa shape index (κ3) is 6.08. The number of hydrogen-bond acceptors (Lipinski definition) is 8. The lowest BCUT2D eigenvalue weighted by atomic mass is 9.71. The summed E-state index contributed by atoms with van der Waals surface area (Å²) in [6, 6.07) is 8.53. The van der Waals surface area contributed by atoms with E-state index in [9.17, 15) is 40.6 Å². The first-order valence-electron chi connectivity index (χ1n) is 15.2. The van der Waals surface area contributed by atoms with Gasteiger partial charge in [0.15, 0.2) is 11.5 Å². The summed E-state index contributed by atoms with van der Waals surface area (Å²) in [6.45, 7) is 7.80. The summed E-state index contributed by atoms with van der Waals surface area (Å²) >= 11 is 0. The van der Waals surface area contributed by atoms with Crippen LogP contribution >= 0.6 is 0 Å². The Kier molecular flexibility index (Phi) is 8.68. The highest BCUT2D eigenvalue weighted by atomic mass is 32.2. The van der Waals surface area contributed by atoms with Gasteiger partial charge in [-0.3, -0.25) is 18.7 Å². The lowest BCUT2D eigenvalue weighted by molar-refractivity contribution is -0.438. The van der Waals surface area contributed by atoms with Crippen molar-refractivity contribution in [1.82, 2.24) is 0 Å². The van der Waals surface area contributed by atoms with Gasteiger partial charge in [0.1, 0.15) is 6.54 Å². The van der Waals surface area contributed by atoms with Crippen molar-refractivity contribution in [2.24, 2.45) is 5.92 Å². The van der Waals surface area contributed by atoms with Gasteiger partial charge in [0, 0.05) is 60.3 Å². The molecule has 1 aliphatic carbocycles. The summed E-state index contributed by atoms with van der Waals surface area (Å²) in [7, 11) is -7.18. The molecular weight excluding hydrogens is 649 g/mol. The van der Waals surface area contributed by atoms with Crippen LogP contribution in [-0.4, -0.2) is 72.8 Å². The molecule has 2 atom stereocenters. The number of anilines is 1. The summed E-state index contributed by atoms with van der Waals surface area (Å²) in [4.78, 5) is 25.9.